The van der Waals surface area contributed by atoms with Gasteiger partial charge >= 0.3 is 0 Å². The van der Waals surface area contributed by atoms with Crippen LogP contribution in [-0.2, 0) is 6.42 Å². The van der Waals surface area contributed by atoms with E-state index in [1.807, 2.05) is 24.3 Å². The minimum absolute atomic E-state index is 0.785. The molecule has 0 N–H and O–H groups in total. The van der Waals surface area contributed by atoms with E-state index in [0.29, 0.717) is 0 Å². The first-order valence-electron chi connectivity index (χ1n) is 4.04. The van der Waals surface area contributed by atoms with Crippen molar-refractivity contribution in [2.45, 2.75) is 12.8 Å². The summed E-state index contributed by atoms with van der Waals surface area (Å²) < 4.78 is 0. The maximum Gasteiger partial charge on any atom is 0.0340 e. The molecule has 0 saturated carbocycles. The van der Waals surface area contributed by atoms with Gasteiger partial charge in [0.05, 0.1) is 0 Å². The van der Waals surface area contributed by atoms with Gasteiger partial charge < -0.3 is 0 Å². The summed E-state index contributed by atoms with van der Waals surface area (Å²) in [5.41, 5.74) is 1.27. The van der Waals surface area contributed by atoms with Gasteiger partial charge in [0, 0.05) is 12.8 Å². The topological polar surface area (TPSA) is 0 Å². The summed E-state index contributed by atoms with van der Waals surface area (Å²) in [6.07, 6.45) is 3.44. The van der Waals surface area contributed by atoms with E-state index < -0.39 is 0 Å². The normalized spacial score (nSPS) is 8.33. The lowest BCUT2D eigenvalue weighted by Gasteiger charge is -1.90. The number of hydrogen-bond donors (Lipinski definition) is 0. The highest BCUT2D eigenvalue weighted by Gasteiger charge is 1.83. The molecule has 0 aromatic heterocycles. The summed E-state index contributed by atoms with van der Waals surface area (Å²) in [6.45, 7) is 3.60. The van der Waals surface area contributed by atoms with Crippen molar-refractivity contribution in [1.29, 1.82) is 0 Å². The highest BCUT2D eigenvalue weighted by molar-refractivity contribution is 5.20. The lowest BCUT2D eigenvalue weighted by Crippen LogP contribution is -1.78. The number of allylic oxidation sites excluding steroid dienone is 1. The van der Waals surface area contributed by atoms with Crippen LogP contribution in [0.3, 0.4) is 0 Å². The molecule has 0 aliphatic heterocycles. The van der Waals surface area contributed by atoms with Crippen molar-refractivity contribution >= 4 is 0 Å². The summed E-state index contributed by atoms with van der Waals surface area (Å²) in [6, 6.07) is 10.3. The molecule has 0 nitrogen and oxygen atoms in total. The summed E-state index contributed by atoms with van der Waals surface area (Å²) in [5.74, 6) is 6.10. The smallest absolute Gasteiger partial charge is 0.0340 e. The molecule has 0 saturated heterocycles. The summed E-state index contributed by atoms with van der Waals surface area (Å²) in [5, 5.41) is 0. The second-order valence-corrected chi connectivity index (χ2v) is 2.51. The molecule has 0 heteroatoms. The second-order valence-electron chi connectivity index (χ2n) is 2.51. The van der Waals surface area contributed by atoms with Gasteiger partial charge in [-0.25, -0.2) is 0 Å². The molecule has 0 bridgehead atoms. The fourth-order valence-corrected chi connectivity index (χ4v) is 0.905. The van der Waals surface area contributed by atoms with Crippen molar-refractivity contribution in [3.63, 3.8) is 0 Å². The average molecular weight is 156 g/mol. The van der Waals surface area contributed by atoms with E-state index in [4.69, 9.17) is 0 Å². The van der Waals surface area contributed by atoms with Crippen LogP contribution in [0.2, 0.25) is 0 Å². The molecule has 1 aromatic carbocycles. The zero-order chi connectivity index (χ0) is 8.65. The van der Waals surface area contributed by atoms with Crippen LogP contribution in [-0.4, -0.2) is 0 Å². The second kappa shape index (κ2) is 5.21. The molecule has 12 heavy (non-hydrogen) atoms. The Kier molecular flexibility index (Phi) is 3.74. The van der Waals surface area contributed by atoms with Crippen LogP contribution in [0, 0.1) is 11.8 Å². The Balaban J connectivity index is 2.44. The minimum atomic E-state index is 0.785. The van der Waals surface area contributed by atoms with Gasteiger partial charge in [-0.3, -0.25) is 0 Å². The molecule has 0 heterocycles. The first kappa shape index (κ1) is 8.62. The molecule has 0 amide bonds. The van der Waals surface area contributed by atoms with Crippen LogP contribution < -0.4 is 0 Å². The first-order chi connectivity index (χ1) is 5.93. The Morgan fingerprint density at radius 3 is 2.58 bits per heavy atom. The van der Waals surface area contributed by atoms with Gasteiger partial charge in [0.25, 0.3) is 0 Å². The lowest BCUT2D eigenvalue weighted by molar-refractivity contribution is 1.31. The zero-order valence-corrected chi connectivity index (χ0v) is 7.09. The third-order valence-corrected chi connectivity index (χ3v) is 1.51. The van der Waals surface area contributed by atoms with Crippen LogP contribution in [0.25, 0.3) is 0 Å². The molecule has 1 aromatic rings. The van der Waals surface area contributed by atoms with Crippen molar-refractivity contribution in [3.05, 3.63) is 48.6 Å². The Hall–Kier alpha value is -1.48. The van der Waals surface area contributed by atoms with Crippen LogP contribution in [0.1, 0.15) is 12.0 Å². The molecule has 1 rings (SSSR count). The van der Waals surface area contributed by atoms with E-state index in [9.17, 15) is 0 Å². The van der Waals surface area contributed by atoms with E-state index in [2.05, 4.69) is 30.6 Å². The van der Waals surface area contributed by atoms with E-state index in [-0.39, 0.29) is 0 Å². The minimum Gasteiger partial charge on any atom is -0.102 e. The van der Waals surface area contributed by atoms with Crippen LogP contribution in [0.15, 0.2) is 43.0 Å². The van der Waals surface area contributed by atoms with Crippen molar-refractivity contribution in [1.82, 2.24) is 0 Å². The van der Waals surface area contributed by atoms with Gasteiger partial charge in [-0.1, -0.05) is 48.2 Å². The zero-order valence-electron chi connectivity index (χ0n) is 7.09. The molecule has 0 radical (unpaired) electrons. The lowest BCUT2D eigenvalue weighted by atomic mass is 10.1. The molecular weight excluding hydrogens is 144 g/mol. The van der Waals surface area contributed by atoms with Gasteiger partial charge in [0.1, 0.15) is 0 Å². The molecule has 0 fully saturated rings. The third kappa shape index (κ3) is 3.07. The van der Waals surface area contributed by atoms with Crippen molar-refractivity contribution in [3.8, 4) is 11.8 Å². The molecule has 0 spiro atoms. The largest absolute Gasteiger partial charge is 0.102 e. The van der Waals surface area contributed by atoms with Gasteiger partial charge in [0.15, 0.2) is 0 Å². The number of rotatable bonds is 2. The highest BCUT2D eigenvalue weighted by atomic mass is 13.9. The number of hydrogen-bond acceptors (Lipinski definition) is 0. The van der Waals surface area contributed by atoms with Gasteiger partial charge in [-0.15, -0.1) is 6.58 Å². The van der Waals surface area contributed by atoms with Crippen LogP contribution in [0.5, 0.6) is 0 Å². The van der Waals surface area contributed by atoms with E-state index >= 15 is 0 Å². The van der Waals surface area contributed by atoms with Gasteiger partial charge in [-0.05, 0) is 5.56 Å². The predicted octanol–water partition coefficient (Wildman–Crippen LogP) is 2.81. The Morgan fingerprint density at radius 1 is 1.17 bits per heavy atom. The molecule has 0 atom stereocenters. The summed E-state index contributed by atoms with van der Waals surface area (Å²) in [7, 11) is 0. The van der Waals surface area contributed by atoms with Crippen molar-refractivity contribution in [2.75, 3.05) is 0 Å². The Bertz CT molecular complexity index is 285. The molecule has 0 aliphatic carbocycles. The van der Waals surface area contributed by atoms with E-state index in [0.717, 1.165) is 12.8 Å². The fourth-order valence-electron chi connectivity index (χ4n) is 0.905. The molecule has 0 unspecified atom stereocenters. The maximum absolute atomic E-state index is 3.60. The first-order valence-corrected chi connectivity index (χ1v) is 4.04. The maximum atomic E-state index is 3.60. The Morgan fingerprint density at radius 2 is 1.92 bits per heavy atom. The highest BCUT2D eigenvalue weighted by Crippen LogP contribution is 1.97. The Labute approximate surface area is 73.9 Å². The van der Waals surface area contributed by atoms with Crippen molar-refractivity contribution < 1.29 is 0 Å². The third-order valence-electron chi connectivity index (χ3n) is 1.51. The average Bonchev–Trinajstić information content (AvgIpc) is 2.14. The number of benzene rings is 1. The predicted molar refractivity (Wildman–Crippen MR) is 52.7 cm³/mol. The monoisotopic (exact) mass is 156 g/mol. The van der Waals surface area contributed by atoms with Crippen LogP contribution >= 0.6 is 0 Å². The van der Waals surface area contributed by atoms with Crippen molar-refractivity contribution in [2.24, 2.45) is 0 Å². The molecule has 60 valence electrons. The molecule has 0 aliphatic rings. The van der Waals surface area contributed by atoms with E-state index in [1.165, 1.54) is 5.56 Å². The SMILES string of the molecule is C=CCC#CCc1ccccc1. The summed E-state index contributed by atoms with van der Waals surface area (Å²) >= 11 is 0. The fraction of sp³-hybridized carbons (Fsp3) is 0.167. The summed E-state index contributed by atoms with van der Waals surface area (Å²) in [4.78, 5) is 0. The van der Waals surface area contributed by atoms with Crippen LogP contribution in [0.4, 0.5) is 0 Å². The van der Waals surface area contributed by atoms with E-state index in [1.54, 1.807) is 0 Å². The van der Waals surface area contributed by atoms with Gasteiger partial charge in [0.2, 0.25) is 0 Å². The quantitative estimate of drug-likeness (QED) is 0.456. The standard InChI is InChI=1S/C12H12/c1-2-3-4-6-9-12-10-7-5-8-11-12/h2,5,7-8,10-11H,1,3,9H2. The van der Waals surface area contributed by atoms with Gasteiger partial charge in [-0.2, -0.15) is 0 Å². The molecular formula is C12H12.